The van der Waals surface area contributed by atoms with Gasteiger partial charge >= 0.3 is 0 Å². The Hall–Kier alpha value is -2.48. The first kappa shape index (κ1) is 11.6. The van der Waals surface area contributed by atoms with E-state index in [1.54, 1.807) is 6.21 Å². The summed E-state index contributed by atoms with van der Waals surface area (Å²) in [5.74, 6) is 0.0844. The van der Waals surface area contributed by atoms with E-state index in [1.807, 2.05) is 36.4 Å². The van der Waals surface area contributed by atoms with E-state index in [0.717, 1.165) is 16.8 Å². The maximum Gasteiger partial charge on any atom is 0.0821 e. The molecule has 0 aromatic heterocycles. The van der Waals surface area contributed by atoms with Gasteiger partial charge in [0.1, 0.15) is 0 Å². The van der Waals surface area contributed by atoms with Crippen LogP contribution in [0.2, 0.25) is 0 Å². The Morgan fingerprint density at radius 1 is 0.842 bits per heavy atom. The predicted molar refractivity (Wildman–Crippen MR) is 79.8 cm³/mol. The molecule has 0 amide bonds. The zero-order valence-electron chi connectivity index (χ0n) is 10.5. The molecule has 0 saturated heterocycles. The second kappa shape index (κ2) is 5.02. The highest BCUT2D eigenvalue weighted by Crippen LogP contribution is 2.29. The molecule has 1 atom stereocenters. The average Bonchev–Trinajstić information content (AvgIpc) is 2.49. The maximum absolute atomic E-state index is 4.33. The van der Waals surface area contributed by atoms with Gasteiger partial charge in [-0.3, -0.25) is 0 Å². The summed E-state index contributed by atoms with van der Waals surface area (Å²) in [7, 11) is 0. The lowest BCUT2D eigenvalue weighted by Gasteiger charge is -2.22. The van der Waals surface area contributed by atoms with Crippen molar-refractivity contribution in [3.05, 3.63) is 83.9 Å². The molecule has 3 rings (SSSR count). The number of rotatable bonds is 2. The second-order valence-corrected chi connectivity index (χ2v) is 4.51. The summed E-state index contributed by atoms with van der Waals surface area (Å²) in [6.45, 7) is 4.12. The molecule has 2 aromatic rings. The van der Waals surface area contributed by atoms with E-state index in [0.29, 0.717) is 0 Å². The topological polar surface area (TPSA) is 24.7 Å². The summed E-state index contributed by atoms with van der Waals surface area (Å²) in [4.78, 5) is 0. The molecule has 2 heteroatoms. The minimum absolute atomic E-state index is 0.0844. The van der Waals surface area contributed by atoms with Gasteiger partial charge in [-0.2, -0.15) is 10.2 Å². The highest BCUT2D eigenvalue weighted by Gasteiger charge is 2.24. The van der Waals surface area contributed by atoms with Crippen molar-refractivity contribution in [1.29, 1.82) is 0 Å². The van der Waals surface area contributed by atoms with Crippen molar-refractivity contribution >= 4 is 11.9 Å². The van der Waals surface area contributed by atoms with E-state index in [1.165, 1.54) is 5.56 Å². The number of hydrogen-bond donors (Lipinski definition) is 0. The molecule has 0 aliphatic carbocycles. The molecule has 0 N–H and O–H groups in total. The Morgan fingerprint density at radius 2 is 1.47 bits per heavy atom. The van der Waals surface area contributed by atoms with E-state index in [9.17, 15) is 0 Å². The molecule has 1 heterocycles. The molecular formula is C17H14N2. The van der Waals surface area contributed by atoms with Gasteiger partial charge in [-0.15, -0.1) is 0 Å². The molecule has 1 unspecified atom stereocenters. The van der Waals surface area contributed by atoms with E-state index >= 15 is 0 Å². The molecule has 0 fully saturated rings. The fraction of sp³-hybridized carbons (Fsp3) is 0.0588. The number of benzene rings is 2. The Labute approximate surface area is 112 Å². The lowest BCUT2D eigenvalue weighted by atomic mass is 9.84. The summed E-state index contributed by atoms with van der Waals surface area (Å²) in [5, 5.41) is 8.39. The van der Waals surface area contributed by atoms with Gasteiger partial charge in [0, 0.05) is 0 Å². The van der Waals surface area contributed by atoms with Crippen molar-refractivity contribution in [1.82, 2.24) is 0 Å². The van der Waals surface area contributed by atoms with Gasteiger partial charge in [0.2, 0.25) is 0 Å². The third-order valence-corrected chi connectivity index (χ3v) is 3.24. The summed E-state index contributed by atoms with van der Waals surface area (Å²) in [6.07, 6.45) is 1.74. The fourth-order valence-corrected chi connectivity index (χ4v) is 2.32. The number of nitrogens with zero attached hydrogens (tertiary/aromatic N) is 2. The fourth-order valence-electron chi connectivity index (χ4n) is 2.32. The minimum Gasteiger partial charge on any atom is -0.159 e. The third kappa shape index (κ3) is 2.25. The van der Waals surface area contributed by atoms with Gasteiger partial charge < -0.3 is 0 Å². The van der Waals surface area contributed by atoms with Crippen LogP contribution in [0.5, 0.6) is 0 Å². The second-order valence-electron chi connectivity index (χ2n) is 4.51. The minimum atomic E-state index is 0.0844. The number of allylic oxidation sites excluding steroid dienone is 1. The van der Waals surface area contributed by atoms with Crippen LogP contribution < -0.4 is 0 Å². The summed E-state index contributed by atoms with van der Waals surface area (Å²) in [6, 6.07) is 20.5. The molecule has 19 heavy (non-hydrogen) atoms. The van der Waals surface area contributed by atoms with Crippen molar-refractivity contribution in [3.8, 4) is 0 Å². The van der Waals surface area contributed by atoms with E-state index in [4.69, 9.17) is 0 Å². The van der Waals surface area contributed by atoms with Gasteiger partial charge in [0.25, 0.3) is 0 Å². The van der Waals surface area contributed by atoms with Crippen LogP contribution in [-0.4, -0.2) is 11.9 Å². The Kier molecular flexibility index (Phi) is 3.07. The quantitative estimate of drug-likeness (QED) is 0.769. The van der Waals surface area contributed by atoms with Crippen LogP contribution in [0, 0.1) is 0 Å². The lowest BCUT2D eigenvalue weighted by molar-refractivity contribution is 1.04. The van der Waals surface area contributed by atoms with Gasteiger partial charge in [0.15, 0.2) is 0 Å². The van der Waals surface area contributed by atoms with Crippen LogP contribution in [0.3, 0.4) is 0 Å². The molecule has 0 radical (unpaired) electrons. The van der Waals surface area contributed by atoms with Crippen LogP contribution in [0.4, 0.5) is 0 Å². The van der Waals surface area contributed by atoms with Crippen LogP contribution in [0.15, 0.2) is 83.0 Å². The monoisotopic (exact) mass is 246 g/mol. The average molecular weight is 246 g/mol. The van der Waals surface area contributed by atoms with Crippen molar-refractivity contribution in [2.24, 2.45) is 10.2 Å². The maximum atomic E-state index is 4.33. The third-order valence-electron chi connectivity index (χ3n) is 3.24. The summed E-state index contributed by atoms with van der Waals surface area (Å²) < 4.78 is 0. The summed E-state index contributed by atoms with van der Waals surface area (Å²) in [5.41, 5.74) is 4.22. The molecular weight excluding hydrogens is 232 g/mol. The zero-order valence-corrected chi connectivity index (χ0v) is 10.5. The van der Waals surface area contributed by atoms with Crippen molar-refractivity contribution < 1.29 is 0 Å². The Balaban J connectivity index is 2.09. The van der Waals surface area contributed by atoms with Gasteiger partial charge in [-0.05, 0) is 16.7 Å². The molecule has 1 aliphatic heterocycles. The van der Waals surface area contributed by atoms with Crippen molar-refractivity contribution in [2.45, 2.75) is 5.92 Å². The standard InChI is InChI=1S/C17H14N2/c1-13-12-18-19-17(15-10-6-3-7-11-15)16(13)14-8-4-2-5-9-14/h2-12,16H,1H2. The van der Waals surface area contributed by atoms with Gasteiger partial charge in [-0.1, -0.05) is 67.2 Å². The Morgan fingerprint density at radius 3 is 2.16 bits per heavy atom. The zero-order chi connectivity index (χ0) is 13.1. The first-order chi connectivity index (χ1) is 9.36. The van der Waals surface area contributed by atoms with E-state index < -0.39 is 0 Å². The van der Waals surface area contributed by atoms with Gasteiger partial charge in [-0.25, -0.2) is 0 Å². The van der Waals surface area contributed by atoms with Crippen LogP contribution in [0.25, 0.3) is 0 Å². The predicted octanol–water partition coefficient (Wildman–Crippen LogP) is 3.82. The molecule has 92 valence electrons. The normalized spacial score (nSPS) is 18.2. The van der Waals surface area contributed by atoms with Gasteiger partial charge in [0.05, 0.1) is 17.8 Å². The van der Waals surface area contributed by atoms with Crippen LogP contribution in [0.1, 0.15) is 17.0 Å². The molecule has 0 saturated carbocycles. The summed E-state index contributed by atoms with van der Waals surface area (Å²) >= 11 is 0. The first-order valence-corrected chi connectivity index (χ1v) is 6.26. The van der Waals surface area contributed by atoms with Crippen LogP contribution >= 0.6 is 0 Å². The van der Waals surface area contributed by atoms with Crippen molar-refractivity contribution in [2.75, 3.05) is 0 Å². The van der Waals surface area contributed by atoms with E-state index in [2.05, 4.69) is 41.0 Å². The molecule has 2 aromatic carbocycles. The molecule has 0 spiro atoms. The Bertz CT molecular complexity index is 639. The number of hydrogen-bond acceptors (Lipinski definition) is 2. The lowest BCUT2D eigenvalue weighted by Crippen LogP contribution is -2.19. The SMILES string of the molecule is C=C1C=NN=C(c2ccccc2)C1c1ccccc1. The first-order valence-electron chi connectivity index (χ1n) is 6.26. The van der Waals surface area contributed by atoms with Crippen molar-refractivity contribution in [3.63, 3.8) is 0 Å². The molecule has 0 bridgehead atoms. The largest absolute Gasteiger partial charge is 0.159 e. The van der Waals surface area contributed by atoms with E-state index in [-0.39, 0.29) is 5.92 Å². The van der Waals surface area contributed by atoms with Crippen LogP contribution in [-0.2, 0) is 0 Å². The molecule has 1 aliphatic rings. The highest BCUT2D eigenvalue weighted by atomic mass is 15.2. The molecule has 2 nitrogen and oxygen atoms in total. The smallest absolute Gasteiger partial charge is 0.0821 e. The highest BCUT2D eigenvalue weighted by molar-refractivity contribution is 6.11.